The molecule has 1 saturated heterocycles. The number of nitrogens with one attached hydrogen (secondary N) is 1. The van der Waals surface area contributed by atoms with Gasteiger partial charge in [-0.3, -0.25) is 4.79 Å². The number of rotatable bonds is 2. The summed E-state index contributed by atoms with van der Waals surface area (Å²) in [4.78, 5) is 14.7. The maximum Gasteiger partial charge on any atom is 0.223 e. The van der Waals surface area contributed by atoms with E-state index >= 15 is 0 Å². The fraction of sp³-hybridized carbons (Fsp3) is 0.214. The standard InChI is InChI=1S/C28H23N3O/c29-17-18-11-12-25-24(14-18)27(31-13-5-10-28(31)32)16-26(30-25)23-15-19-6-1-2-7-20(19)21-8-3-4-9-22(21)23/h1-4,6-9,11-12,14-15,26-27,30H,5,10,13,16H2/t26-,27-/m0/s1. The summed E-state index contributed by atoms with van der Waals surface area (Å²) in [6.45, 7) is 0.783. The molecule has 4 nitrogen and oxygen atoms in total. The van der Waals surface area contributed by atoms with E-state index in [0.29, 0.717) is 12.0 Å². The number of anilines is 1. The maximum atomic E-state index is 12.7. The predicted molar refractivity (Wildman–Crippen MR) is 127 cm³/mol. The lowest BCUT2D eigenvalue weighted by molar-refractivity contribution is -0.130. The van der Waals surface area contributed by atoms with Gasteiger partial charge in [0.25, 0.3) is 0 Å². The number of carbonyl (C=O) groups excluding carboxylic acids is 1. The van der Waals surface area contributed by atoms with E-state index in [1.165, 1.54) is 27.1 Å². The van der Waals surface area contributed by atoms with Crippen molar-refractivity contribution in [3.63, 3.8) is 0 Å². The van der Waals surface area contributed by atoms with Gasteiger partial charge in [-0.2, -0.15) is 5.26 Å². The van der Waals surface area contributed by atoms with Crippen LogP contribution in [0.3, 0.4) is 0 Å². The molecule has 0 aliphatic carbocycles. The Labute approximate surface area is 187 Å². The molecule has 1 amide bonds. The highest BCUT2D eigenvalue weighted by atomic mass is 16.2. The highest BCUT2D eigenvalue weighted by molar-refractivity contribution is 6.09. The number of nitrogens with zero attached hydrogens (tertiary/aromatic N) is 2. The van der Waals surface area contributed by atoms with E-state index in [1.807, 2.05) is 23.1 Å². The quantitative estimate of drug-likeness (QED) is 0.402. The zero-order chi connectivity index (χ0) is 21.7. The van der Waals surface area contributed by atoms with Crippen LogP contribution in [0.5, 0.6) is 0 Å². The van der Waals surface area contributed by atoms with Crippen molar-refractivity contribution in [3.05, 3.63) is 89.5 Å². The van der Waals surface area contributed by atoms with Crippen LogP contribution >= 0.6 is 0 Å². The van der Waals surface area contributed by atoms with Crippen molar-refractivity contribution in [2.75, 3.05) is 11.9 Å². The number of benzene rings is 4. The third kappa shape index (κ3) is 2.93. The van der Waals surface area contributed by atoms with E-state index in [2.05, 4.69) is 66.0 Å². The van der Waals surface area contributed by atoms with Gasteiger partial charge in [0, 0.05) is 18.7 Å². The Morgan fingerprint density at radius 1 is 0.906 bits per heavy atom. The Balaban J connectivity index is 1.53. The summed E-state index contributed by atoms with van der Waals surface area (Å²) in [6.07, 6.45) is 2.30. The summed E-state index contributed by atoms with van der Waals surface area (Å²) in [7, 11) is 0. The molecule has 32 heavy (non-hydrogen) atoms. The van der Waals surface area contributed by atoms with Crippen LogP contribution in [0.25, 0.3) is 21.5 Å². The monoisotopic (exact) mass is 417 g/mol. The fourth-order valence-corrected chi connectivity index (χ4v) is 5.51. The van der Waals surface area contributed by atoms with E-state index < -0.39 is 0 Å². The Hall–Kier alpha value is -3.84. The van der Waals surface area contributed by atoms with Gasteiger partial charge in [-0.15, -0.1) is 0 Å². The van der Waals surface area contributed by atoms with Gasteiger partial charge >= 0.3 is 0 Å². The first kappa shape index (κ1) is 18.9. The molecule has 0 saturated carbocycles. The Morgan fingerprint density at radius 2 is 1.69 bits per heavy atom. The SMILES string of the molecule is N#Cc1ccc2c(c1)[C@@H](N1CCCC1=O)C[C@@H](c1cc3ccccc3c3ccccc13)N2. The average Bonchev–Trinajstić information content (AvgIpc) is 3.28. The summed E-state index contributed by atoms with van der Waals surface area (Å²) in [5, 5.41) is 18.2. The zero-order valence-electron chi connectivity index (χ0n) is 17.7. The molecular formula is C28H23N3O. The van der Waals surface area contributed by atoms with Gasteiger partial charge in [-0.05, 0) is 69.8 Å². The largest absolute Gasteiger partial charge is 0.378 e. The third-order valence-electron chi connectivity index (χ3n) is 6.99. The van der Waals surface area contributed by atoms with Crippen LogP contribution in [0, 0.1) is 11.3 Å². The van der Waals surface area contributed by atoms with E-state index in [4.69, 9.17) is 0 Å². The molecule has 1 N–H and O–H groups in total. The van der Waals surface area contributed by atoms with Gasteiger partial charge in [0.2, 0.25) is 5.91 Å². The Morgan fingerprint density at radius 3 is 2.47 bits per heavy atom. The van der Waals surface area contributed by atoms with E-state index in [-0.39, 0.29) is 18.0 Å². The maximum absolute atomic E-state index is 12.7. The predicted octanol–water partition coefficient (Wildman–Crippen LogP) is 6.09. The van der Waals surface area contributed by atoms with Crippen molar-refractivity contribution < 1.29 is 4.79 Å². The van der Waals surface area contributed by atoms with Gasteiger partial charge in [-0.1, -0.05) is 48.5 Å². The Bertz CT molecular complexity index is 1420. The second-order valence-corrected chi connectivity index (χ2v) is 8.79. The average molecular weight is 418 g/mol. The molecule has 156 valence electrons. The number of carbonyl (C=O) groups is 1. The molecule has 0 spiro atoms. The lowest BCUT2D eigenvalue weighted by Crippen LogP contribution is -2.35. The van der Waals surface area contributed by atoms with E-state index in [0.717, 1.165) is 30.6 Å². The van der Waals surface area contributed by atoms with E-state index in [1.54, 1.807) is 0 Å². The lowest BCUT2D eigenvalue weighted by atomic mass is 9.85. The number of fused-ring (bicyclic) bond motifs is 4. The summed E-state index contributed by atoms with van der Waals surface area (Å²) >= 11 is 0. The van der Waals surface area contributed by atoms with Crippen molar-refractivity contribution in [1.29, 1.82) is 5.26 Å². The van der Waals surface area contributed by atoms with E-state index in [9.17, 15) is 10.1 Å². The summed E-state index contributed by atoms with van der Waals surface area (Å²) in [5.41, 5.74) is 3.96. The summed E-state index contributed by atoms with van der Waals surface area (Å²) in [5.74, 6) is 0.215. The normalized spacial score (nSPS) is 20.2. The van der Waals surface area contributed by atoms with Crippen LogP contribution < -0.4 is 5.32 Å². The van der Waals surface area contributed by atoms with Gasteiger partial charge in [0.05, 0.1) is 23.7 Å². The molecule has 0 aromatic heterocycles. The zero-order valence-corrected chi connectivity index (χ0v) is 17.7. The summed E-state index contributed by atoms with van der Waals surface area (Å²) in [6, 6.07) is 27.5. The van der Waals surface area contributed by atoms with Gasteiger partial charge in [0.1, 0.15) is 0 Å². The molecule has 2 heterocycles. The number of hydrogen-bond donors (Lipinski definition) is 1. The van der Waals surface area contributed by atoms with Crippen LogP contribution in [-0.4, -0.2) is 17.4 Å². The van der Waals surface area contributed by atoms with Crippen LogP contribution in [0.2, 0.25) is 0 Å². The molecule has 4 heteroatoms. The second kappa shape index (κ2) is 7.39. The molecule has 2 aliphatic rings. The van der Waals surface area contributed by atoms with Crippen molar-refractivity contribution in [2.45, 2.75) is 31.3 Å². The minimum Gasteiger partial charge on any atom is -0.378 e. The van der Waals surface area contributed by atoms with Crippen LogP contribution in [0.15, 0.2) is 72.8 Å². The van der Waals surface area contributed by atoms with Crippen molar-refractivity contribution in [3.8, 4) is 6.07 Å². The smallest absolute Gasteiger partial charge is 0.223 e. The molecule has 0 bridgehead atoms. The molecule has 6 rings (SSSR count). The molecule has 0 unspecified atom stereocenters. The third-order valence-corrected chi connectivity index (χ3v) is 6.99. The van der Waals surface area contributed by atoms with Crippen LogP contribution in [0.1, 0.15) is 48.0 Å². The molecule has 2 aliphatic heterocycles. The number of amides is 1. The molecule has 2 atom stereocenters. The fourth-order valence-electron chi connectivity index (χ4n) is 5.51. The van der Waals surface area contributed by atoms with Gasteiger partial charge in [-0.25, -0.2) is 0 Å². The molecule has 4 aromatic carbocycles. The molecular weight excluding hydrogens is 394 g/mol. The first-order valence-corrected chi connectivity index (χ1v) is 11.2. The molecule has 0 radical (unpaired) electrons. The first-order chi connectivity index (χ1) is 15.7. The minimum absolute atomic E-state index is 0.0233. The lowest BCUT2D eigenvalue weighted by Gasteiger charge is -2.39. The van der Waals surface area contributed by atoms with Crippen LogP contribution in [0.4, 0.5) is 5.69 Å². The highest BCUT2D eigenvalue weighted by Gasteiger charge is 2.36. The number of likely N-dealkylation sites (tertiary alicyclic amines) is 1. The Kier molecular flexibility index (Phi) is 4.36. The topological polar surface area (TPSA) is 56.1 Å². The van der Waals surface area contributed by atoms with Crippen molar-refractivity contribution in [2.24, 2.45) is 0 Å². The second-order valence-electron chi connectivity index (χ2n) is 8.79. The number of nitriles is 1. The van der Waals surface area contributed by atoms with Crippen molar-refractivity contribution in [1.82, 2.24) is 4.90 Å². The molecule has 1 fully saturated rings. The first-order valence-electron chi connectivity index (χ1n) is 11.2. The number of hydrogen-bond acceptors (Lipinski definition) is 3. The van der Waals surface area contributed by atoms with Gasteiger partial charge in [0.15, 0.2) is 0 Å². The van der Waals surface area contributed by atoms with Crippen LogP contribution in [-0.2, 0) is 4.79 Å². The van der Waals surface area contributed by atoms with Gasteiger partial charge < -0.3 is 10.2 Å². The highest BCUT2D eigenvalue weighted by Crippen LogP contribution is 2.45. The summed E-state index contributed by atoms with van der Waals surface area (Å²) < 4.78 is 0. The minimum atomic E-state index is -0.0233. The molecule has 4 aromatic rings. The van der Waals surface area contributed by atoms with Crippen molar-refractivity contribution >= 4 is 33.1 Å².